The number of anilines is 1. The third kappa shape index (κ3) is 11.9. The van der Waals surface area contributed by atoms with Crippen LogP contribution in [-0.2, 0) is 9.47 Å². The summed E-state index contributed by atoms with van der Waals surface area (Å²) in [6.07, 6.45) is 2.25. The number of nitrogens with zero attached hydrogens (tertiary/aromatic N) is 3. The van der Waals surface area contributed by atoms with Gasteiger partial charge in [0.2, 0.25) is 5.91 Å². The molecule has 0 atom stereocenters. The predicted molar refractivity (Wildman–Crippen MR) is 156 cm³/mol. The van der Waals surface area contributed by atoms with Crippen molar-refractivity contribution in [1.29, 1.82) is 0 Å². The van der Waals surface area contributed by atoms with Gasteiger partial charge in [-0.15, -0.1) is 0 Å². The lowest BCUT2D eigenvalue weighted by molar-refractivity contribution is -0.384. The van der Waals surface area contributed by atoms with Crippen LogP contribution >= 0.6 is 0 Å². The number of hydrogen-bond donors (Lipinski definition) is 3. The van der Waals surface area contributed by atoms with Crippen LogP contribution in [-0.4, -0.2) is 96.9 Å². The van der Waals surface area contributed by atoms with Crippen LogP contribution in [0.25, 0.3) is 0 Å². The highest BCUT2D eigenvalue weighted by molar-refractivity contribution is 5.95. The Labute approximate surface area is 245 Å². The summed E-state index contributed by atoms with van der Waals surface area (Å²) in [7, 11) is 0. The van der Waals surface area contributed by atoms with Gasteiger partial charge < -0.3 is 35.5 Å². The van der Waals surface area contributed by atoms with Gasteiger partial charge in [-0.25, -0.2) is 9.59 Å². The summed E-state index contributed by atoms with van der Waals surface area (Å²) in [5.74, 6) is 5.08. The van der Waals surface area contributed by atoms with E-state index in [9.17, 15) is 24.5 Å². The van der Waals surface area contributed by atoms with Crippen LogP contribution in [0.4, 0.5) is 21.0 Å². The maximum absolute atomic E-state index is 12.0. The highest BCUT2D eigenvalue weighted by atomic mass is 16.6. The average molecular weight is 589 g/mol. The first-order chi connectivity index (χ1) is 19.8. The number of carbonyl (C=O) groups is 3. The topological polar surface area (TPSA) is 179 Å². The minimum absolute atomic E-state index is 0.0462. The normalized spacial score (nSPS) is 13.7. The first kappa shape index (κ1) is 33.7. The molecule has 230 valence electrons. The second kappa shape index (κ2) is 16.1. The summed E-state index contributed by atoms with van der Waals surface area (Å²) < 4.78 is 16.1. The number of rotatable bonds is 11. The van der Waals surface area contributed by atoms with Gasteiger partial charge >= 0.3 is 12.2 Å². The molecule has 14 heteroatoms. The van der Waals surface area contributed by atoms with Gasteiger partial charge in [-0.05, 0) is 40.7 Å². The predicted octanol–water partition coefficient (Wildman–Crippen LogP) is 2.73. The van der Waals surface area contributed by atoms with Crippen molar-refractivity contribution in [1.82, 2.24) is 15.1 Å². The summed E-state index contributed by atoms with van der Waals surface area (Å²) in [6, 6.07) is 2.40. The second-order valence-electron chi connectivity index (χ2n) is 10.6. The SMILES string of the molecule is CC(C)OC(=O)N1CCN(CC#CCOc2cc(C(N)=O)cc([N+](=O)[O-])c2NC/C=C/CNC(=O)OC(C)(C)C)CC1. The zero-order valence-corrected chi connectivity index (χ0v) is 24.7. The van der Waals surface area contributed by atoms with E-state index in [1.54, 1.807) is 51.7 Å². The molecular weight excluding hydrogens is 548 g/mol. The quantitative estimate of drug-likeness (QED) is 0.151. The van der Waals surface area contributed by atoms with Crippen LogP contribution in [0.1, 0.15) is 45.0 Å². The smallest absolute Gasteiger partial charge is 0.410 e. The molecule has 42 heavy (non-hydrogen) atoms. The van der Waals surface area contributed by atoms with E-state index in [1.807, 2.05) is 0 Å². The molecule has 0 aromatic heterocycles. The van der Waals surface area contributed by atoms with Gasteiger partial charge in [0, 0.05) is 50.9 Å². The molecule has 0 unspecified atom stereocenters. The summed E-state index contributed by atoms with van der Waals surface area (Å²) in [5, 5.41) is 17.3. The number of benzene rings is 1. The van der Waals surface area contributed by atoms with E-state index in [4.69, 9.17) is 19.9 Å². The molecule has 1 aliphatic heterocycles. The van der Waals surface area contributed by atoms with Gasteiger partial charge in [0.15, 0.2) is 11.4 Å². The summed E-state index contributed by atoms with van der Waals surface area (Å²) in [4.78, 5) is 50.4. The number of nitro benzene ring substituents is 1. The number of alkyl carbamates (subject to hydrolysis) is 1. The van der Waals surface area contributed by atoms with Crippen LogP contribution in [0.15, 0.2) is 24.3 Å². The fourth-order valence-corrected chi connectivity index (χ4v) is 3.66. The zero-order valence-electron chi connectivity index (χ0n) is 24.7. The first-order valence-electron chi connectivity index (χ1n) is 13.5. The summed E-state index contributed by atoms with van der Waals surface area (Å²) >= 11 is 0. The zero-order chi connectivity index (χ0) is 31.3. The number of primary amides is 1. The fraction of sp³-hybridized carbons (Fsp3) is 0.536. The molecular formula is C28H40N6O8. The Morgan fingerprint density at radius 2 is 1.79 bits per heavy atom. The number of nitro groups is 1. The minimum Gasteiger partial charge on any atom is -0.478 e. The lowest BCUT2D eigenvalue weighted by Crippen LogP contribution is -2.49. The molecule has 0 bridgehead atoms. The van der Waals surface area contributed by atoms with Crippen molar-refractivity contribution in [3.05, 3.63) is 40.0 Å². The van der Waals surface area contributed by atoms with Gasteiger partial charge in [0.25, 0.3) is 5.69 Å². The summed E-state index contributed by atoms with van der Waals surface area (Å²) in [5.41, 5.74) is 4.34. The third-order valence-electron chi connectivity index (χ3n) is 5.58. The van der Waals surface area contributed by atoms with Gasteiger partial charge in [-0.3, -0.25) is 19.8 Å². The van der Waals surface area contributed by atoms with Crippen LogP contribution in [0, 0.1) is 22.0 Å². The van der Waals surface area contributed by atoms with Crippen LogP contribution in [0.2, 0.25) is 0 Å². The molecule has 0 spiro atoms. The fourth-order valence-electron chi connectivity index (χ4n) is 3.66. The Bertz CT molecular complexity index is 1210. The molecule has 1 fully saturated rings. The number of ether oxygens (including phenoxy) is 3. The Morgan fingerprint density at radius 3 is 2.38 bits per heavy atom. The van der Waals surface area contributed by atoms with Gasteiger partial charge in [0.1, 0.15) is 12.2 Å². The van der Waals surface area contributed by atoms with Crippen molar-refractivity contribution in [2.75, 3.05) is 57.7 Å². The molecule has 1 aliphatic rings. The highest BCUT2D eigenvalue weighted by Crippen LogP contribution is 2.36. The monoisotopic (exact) mass is 588 g/mol. The first-order valence-corrected chi connectivity index (χ1v) is 13.5. The van der Waals surface area contributed by atoms with Crippen molar-refractivity contribution in [3.63, 3.8) is 0 Å². The van der Waals surface area contributed by atoms with E-state index < -0.39 is 22.5 Å². The lowest BCUT2D eigenvalue weighted by Gasteiger charge is -2.33. The van der Waals surface area contributed by atoms with Crippen molar-refractivity contribution < 1.29 is 33.5 Å². The maximum atomic E-state index is 12.0. The number of nitrogens with two attached hydrogens (primary N) is 1. The molecule has 14 nitrogen and oxygen atoms in total. The molecule has 0 aliphatic carbocycles. The van der Waals surface area contributed by atoms with E-state index in [1.165, 1.54) is 6.07 Å². The molecule has 1 saturated heterocycles. The average Bonchev–Trinajstić information content (AvgIpc) is 2.89. The number of carbonyl (C=O) groups excluding carboxylic acids is 3. The minimum atomic E-state index is -0.842. The number of amides is 3. The largest absolute Gasteiger partial charge is 0.478 e. The van der Waals surface area contributed by atoms with E-state index in [-0.39, 0.29) is 54.6 Å². The van der Waals surface area contributed by atoms with Gasteiger partial charge in [0.05, 0.1) is 17.6 Å². The van der Waals surface area contributed by atoms with E-state index in [2.05, 4.69) is 27.4 Å². The van der Waals surface area contributed by atoms with Crippen molar-refractivity contribution in [3.8, 4) is 17.6 Å². The Kier molecular flexibility index (Phi) is 12.9. The van der Waals surface area contributed by atoms with Gasteiger partial charge in [-0.2, -0.15) is 0 Å². The Hall–Kier alpha value is -4.51. The van der Waals surface area contributed by atoms with E-state index in [0.29, 0.717) is 32.7 Å². The Balaban J connectivity index is 1.98. The van der Waals surface area contributed by atoms with Crippen molar-refractivity contribution in [2.45, 2.75) is 46.3 Å². The standard InChI is InChI=1S/C28H40N6O8/c1-20(2)41-27(37)33-15-13-32(14-16-33)12-8-9-17-40-23-19-21(25(29)35)18-22(34(38)39)24(23)30-10-6-7-11-31-26(36)42-28(3,4)5/h6-7,18-20,30H,10-17H2,1-5H3,(H2,29,35)(H,31,36)/b7-6+. The summed E-state index contributed by atoms with van der Waals surface area (Å²) in [6.45, 7) is 11.9. The lowest BCUT2D eigenvalue weighted by atomic mass is 10.1. The Morgan fingerprint density at radius 1 is 1.12 bits per heavy atom. The molecule has 1 aromatic carbocycles. The molecule has 1 aromatic rings. The van der Waals surface area contributed by atoms with E-state index >= 15 is 0 Å². The highest BCUT2D eigenvalue weighted by Gasteiger charge is 2.23. The van der Waals surface area contributed by atoms with Crippen molar-refractivity contribution >= 4 is 29.5 Å². The number of nitrogens with one attached hydrogen (secondary N) is 2. The third-order valence-corrected chi connectivity index (χ3v) is 5.58. The molecule has 4 N–H and O–H groups in total. The number of hydrogen-bond acceptors (Lipinski definition) is 10. The van der Waals surface area contributed by atoms with Crippen LogP contribution in [0.3, 0.4) is 0 Å². The molecule has 0 saturated carbocycles. The molecule has 1 heterocycles. The van der Waals surface area contributed by atoms with E-state index in [0.717, 1.165) is 6.07 Å². The molecule has 3 amide bonds. The molecule has 0 radical (unpaired) electrons. The van der Waals surface area contributed by atoms with Crippen LogP contribution in [0.5, 0.6) is 5.75 Å². The van der Waals surface area contributed by atoms with Crippen LogP contribution < -0.4 is 21.1 Å². The number of piperazine rings is 1. The maximum Gasteiger partial charge on any atom is 0.410 e. The van der Waals surface area contributed by atoms with Crippen molar-refractivity contribution in [2.24, 2.45) is 5.73 Å². The second-order valence-corrected chi connectivity index (χ2v) is 10.6. The van der Waals surface area contributed by atoms with Gasteiger partial charge in [-0.1, -0.05) is 24.0 Å². The molecule has 2 rings (SSSR count).